The lowest BCUT2D eigenvalue weighted by atomic mass is 9.96. The average Bonchev–Trinajstić information content (AvgIpc) is 2.33. The maximum atomic E-state index is 10.9. The van der Waals surface area contributed by atoms with Gasteiger partial charge >= 0.3 is 6.09 Å². The summed E-state index contributed by atoms with van der Waals surface area (Å²) in [5, 5.41) is 4.25. The van der Waals surface area contributed by atoms with Crippen LogP contribution in [-0.2, 0) is 4.74 Å². The number of hydrazone groups is 1. The number of nitrogens with two attached hydrogens (primary N) is 2. The van der Waals surface area contributed by atoms with E-state index >= 15 is 0 Å². The Bertz CT molecular complexity index is 553. The number of amides is 1. The molecule has 0 saturated carbocycles. The van der Waals surface area contributed by atoms with Crippen molar-refractivity contribution in [2.45, 2.75) is 32.8 Å². The van der Waals surface area contributed by atoms with Gasteiger partial charge in [-0.15, -0.1) is 0 Å². The standard InChI is InChI=1S/C14H20N4O2S/c1-9-4-6-10(7-5-9)11(17-18-12(15)21)8-14(2,3)20-13(16)19/h4-7H,8H2,1-3H3,(H2,16,19)(H3,15,18,21). The highest BCUT2D eigenvalue weighted by Gasteiger charge is 2.25. The topological polar surface area (TPSA) is 103 Å². The zero-order chi connectivity index (χ0) is 16.0. The molecule has 0 aromatic heterocycles. The van der Waals surface area contributed by atoms with E-state index < -0.39 is 11.7 Å². The summed E-state index contributed by atoms with van der Waals surface area (Å²) < 4.78 is 5.09. The Kier molecular flexibility index (Phi) is 5.66. The molecule has 114 valence electrons. The molecule has 0 spiro atoms. The molecule has 0 fully saturated rings. The molecular formula is C14H20N4O2S. The largest absolute Gasteiger partial charge is 0.443 e. The van der Waals surface area contributed by atoms with Crippen molar-refractivity contribution in [1.29, 1.82) is 0 Å². The van der Waals surface area contributed by atoms with Crippen LogP contribution in [0.1, 0.15) is 31.4 Å². The van der Waals surface area contributed by atoms with Crippen molar-refractivity contribution in [3.8, 4) is 0 Å². The van der Waals surface area contributed by atoms with Gasteiger partial charge in [-0.25, -0.2) is 4.79 Å². The third kappa shape index (κ3) is 6.22. The molecule has 0 aliphatic carbocycles. The summed E-state index contributed by atoms with van der Waals surface area (Å²) >= 11 is 4.75. The second-order valence-corrected chi connectivity index (χ2v) is 5.70. The molecule has 5 N–H and O–H groups in total. The van der Waals surface area contributed by atoms with Gasteiger partial charge in [0.2, 0.25) is 0 Å². The van der Waals surface area contributed by atoms with E-state index in [2.05, 4.69) is 10.5 Å². The number of aryl methyl sites for hydroxylation is 1. The zero-order valence-corrected chi connectivity index (χ0v) is 13.2. The van der Waals surface area contributed by atoms with E-state index in [9.17, 15) is 4.79 Å². The van der Waals surface area contributed by atoms with Crippen LogP contribution in [0.3, 0.4) is 0 Å². The number of nitrogens with one attached hydrogen (secondary N) is 1. The number of ether oxygens (including phenoxy) is 1. The molecule has 0 aliphatic rings. The second kappa shape index (κ2) is 7.03. The van der Waals surface area contributed by atoms with Gasteiger partial charge in [-0.1, -0.05) is 29.8 Å². The van der Waals surface area contributed by atoms with Gasteiger partial charge in [0, 0.05) is 6.42 Å². The van der Waals surface area contributed by atoms with Crippen LogP contribution in [0.5, 0.6) is 0 Å². The van der Waals surface area contributed by atoms with Gasteiger partial charge in [-0.05, 0) is 38.6 Å². The van der Waals surface area contributed by atoms with Crippen molar-refractivity contribution >= 4 is 29.1 Å². The summed E-state index contributed by atoms with van der Waals surface area (Å²) in [5.74, 6) is 0. The first kappa shape index (κ1) is 16.9. The third-order valence-corrected chi connectivity index (χ3v) is 2.75. The van der Waals surface area contributed by atoms with Gasteiger partial charge in [0.1, 0.15) is 5.60 Å². The smallest absolute Gasteiger partial charge is 0.405 e. The average molecular weight is 308 g/mol. The Morgan fingerprint density at radius 2 is 1.90 bits per heavy atom. The van der Waals surface area contributed by atoms with Gasteiger partial charge in [0.15, 0.2) is 5.11 Å². The Balaban J connectivity index is 3.03. The lowest BCUT2D eigenvalue weighted by Gasteiger charge is -2.24. The Hall–Kier alpha value is -2.15. The quantitative estimate of drug-likeness (QED) is 0.437. The molecule has 0 bridgehead atoms. The number of benzene rings is 1. The molecular weight excluding hydrogens is 288 g/mol. The molecule has 1 aromatic carbocycles. The summed E-state index contributed by atoms with van der Waals surface area (Å²) in [6.07, 6.45) is -0.472. The first-order valence-electron chi connectivity index (χ1n) is 6.37. The predicted octanol–water partition coefficient (Wildman–Crippen LogP) is 1.80. The van der Waals surface area contributed by atoms with E-state index in [-0.39, 0.29) is 5.11 Å². The fourth-order valence-electron chi connectivity index (χ4n) is 1.79. The molecule has 1 aromatic rings. The van der Waals surface area contributed by atoms with Crippen LogP contribution in [0.25, 0.3) is 0 Å². The number of carbonyl (C=O) groups is 1. The minimum Gasteiger partial charge on any atom is -0.443 e. The molecule has 0 radical (unpaired) electrons. The summed E-state index contributed by atoms with van der Waals surface area (Å²) in [6, 6.07) is 7.78. The lowest BCUT2D eigenvalue weighted by molar-refractivity contribution is 0.0513. The van der Waals surface area contributed by atoms with Gasteiger partial charge in [0.05, 0.1) is 5.71 Å². The highest BCUT2D eigenvalue weighted by atomic mass is 32.1. The van der Waals surface area contributed by atoms with Gasteiger partial charge < -0.3 is 16.2 Å². The van der Waals surface area contributed by atoms with Crippen LogP contribution in [0.15, 0.2) is 29.4 Å². The first-order valence-corrected chi connectivity index (χ1v) is 6.78. The van der Waals surface area contributed by atoms with Crippen LogP contribution in [0.2, 0.25) is 0 Å². The van der Waals surface area contributed by atoms with Crippen LogP contribution in [0, 0.1) is 6.92 Å². The second-order valence-electron chi connectivity index (χ2n) is 5.26. The molecule has 0 unspecified atom stereocenters. The molecule has 0 heterocycles. The van der Waals surface area contributed by atoms with Crippen molar-refractivity contribution in [3.05, 3.63) is 35.4 Å². The molecule has 1 amide bonds. The van der Waals surface area contributed by atoms with E-state index in [1.165, 1.54) is 0 Å². The molecule has 1 rings (SSSR count). The third-order valence-electron chi connectivity index (χ3n) is 2.66. The number of hydrogen-bond donors (Lipinski definition) is 3. The molecule has 0 aliphatic heterocycles. The van der Waals surface area contributed by atoms with E-state index in [1.807, 2.05) is 31.2 Å². The minimum atomic E-state index is -0.828. The Labute approximate surface area is 129 Å². The summed E-state index contributed by atoms with van der Waals surface area (Å²) in [7, 11) is 0. The number of hydrogen-bond acceptors (Lipinski definition) is 4. The predicted molar refractivity (Wildman–Crippen MR) is 87.0 cm³/mol. The summed E-state index contributed by atoms with van der Waals surface area (Å²) in [6.45, 7) is 5.50. The minimum absolute atomic E-state index is 0.0632. The molecule has 0 saturated heterocycles. The fourth-order valence-corrected chi connectivity index (χ4v) is 1.83. The molecule has 0 atom stereocenters. The first-order chi connectivity index (χ1) is 9.69. The van der Waals surface area contributed by atoms with Gasteiger partial charge in [0.25, 0.3) is 0 Å². The highest BCUT2D eigenvalue weighted by Crippen LogP contribution is 2.19. The van der Waals surface area contributed by atoms with Crippen LogP contribution in [-0.4, -0.2) is 22.5 Å². The van der Waals surface area contributed by atoms with E-state index in [1.54, 1.807) is 13.8 Å². The van der Waals surface area contributed by atoms with E-state index in [4.69, 9.17) is 28.4 Å². The van der Waals surface area contributed by atoms with E-state index in [0.717, 1.165) is 11.1 Å². The molecule has 7 heteroatoms. The van der Waals surface area contributed by atoms with Gasteiger partial charge in [-0.3, -0.25) is 5.43 Å². The summed E-state index contributed by atoms with van der Waals surface area (Å²) in [5.41, 5.74) is 14.9. The number of carbonyl (C=O) groups excluding carboxylic acids is 1. The molecule has 6 nitrogen and oxygen atoms in total. The van der Waals surface area contributed by atoms with Crippen molar-refractivity contribution in [1.82, 2.24) is 5.43 Å². The Morgan fingerprint density at radius 1 is 1.33 bits per heavy atom. The number of nitrogens with zero attached hydrogens (tertiary/aromatic N) is 1. The zero-order valence-electron chi connectivity index (χ0n) is 12.3. The lowest BCUT2D eigenvalue weighted by Crippen LogP contribution is -2.35. The SMILES string of the molecule is Cc1ccc(C(CC(C)(C)OC(N)=O)=NNC(N)=S)cc1. The fraction of sp³-hybridized carbons (Fsp3) is 0.357. The van der Waals surface area contributed by atoms with Crippen molar-refractivity contribution in [2.75, 3.05) is 0 Å². The molecule has 21 heavy (non-hydrogen) atoms. The van der Waals surface area contributed by atoms with Gasteiger partial charge in [-0.2, -0.15) is 5.10 Å². The van der Waals surface area contributed by atoms with Crippen LogP contribution in [0.4, 0.5) is 4.79 Å². The van der Waals surface area contributed by atoms with Crippen molar-refractivity contribution in [2.24, 2.45) is 16.6 Å². The van der Waals surface area contributed by atoms with E-state index in [0.29, 0.717) is 12.1 Å². The normalized spacial score (nSPS) is 11.9. The monoisotopic (exact) mass is 308 g/mol. The maximum Gasteiger partial charge on any atom is 0.405 e. The highest BCUT2D eigenvalue weighted by molar-refractivity contribution is 7.80. The van der Waals surface area contributed by atoms with Crippen molar-refractivity contribution in [3.63, 3.8) is 0 Å². The van der Waals surface area contributed by atoms with Crippen LogP contribution >= 0.6 is 12.2 Å². The van der Waals surface area contributed by atoms with Crippen LogP contribution < -0.4 is 16.9 Å². The Morgan fingerprint density at radius 3 is 2.38 bits per heavy atom. The maximum absolute atomic E-state index is 10.9. The van der Waals surface area contributed by atoms with Crippen molar-refractivity contribution < 1.29 is 9.53 Å². The summed E-state index contributed by atoms with van der Waals surface area (Å²) in [4.78, 5) is 10.9. The number of primary amides is 1. The number of rotatable bonds is 5. The number of thiocarbonyl (C=S) groups is 1.